The molecule has 0 atom stereocenters. The first-order valence-electron chi connectivity index (χ1n) is 7.42. The topological polar surface area (TPSA) is 52.8 Å². The summed E-state index contributed by atoms with van der Waals surface area (Å²) in [5.74, 6) is 1.11. The summed E-state index contributed by atoms with van der Waals surface area (Å²) in [7, 11) is 0. The second-order valence-electron chi connectivity index (χ2n) is 5.81. The fraction of sp³-hybridized carbons (Fsp3) is 0.643. The molecule has 3 heterocycles. The lowest BCUT2D eigenvalue weighted by atomic mass is 10.1. The van der Waals surface area contributed by atoms with Gasteiger partial charge in [0.25, 0.3) is 0 Å². The van der Waals surface area contributed by atoms with Crippen LogP contribution >= 0.6 is 11.3 Å². The van der Waals surface area contributed by atoms with Gasteiger partial charge in [0.05, 0.1) is 11.8 Å². The lowest BCUT2D eigenvalue weighted by Crippen LogP contribution is -2.37. The highest BCUT2D eigenvalue weighted by Crippen LogP contribution is 2.28. The average molecular weight is 292 g/mol. The Labute approximate surface area is 122 Å². The van der Waals surface area contributed by atoms with Gasteiger partial charge in [0.1, 0.15) is 0 Å². The van der Waals surface area contributed by atoms with Crippen molar-refractivity contribution in [2.75, 3.05) is 18.0 Å². The van der Waals surface area contributed by atoms with Gasteiger partial charge >= 0.3 is 0 Å². The maximum absolute atomic E-state index is 9.66. The van der Waals surface area contributed by atoms with Crippen molar-refractivity contribution >= 4 is 22.1 Å². The smallest absolute Gasteiger partial charge is 0.195 e. The summed E-state index contributed by atoms with van der Waals surface area (Å²) >= 11 is 1.68. The molecule has 1 saturated carbocycles. The highest BCUT2D eigenvalue weighted by molar-refractivity contribution is 7.15. The molecule has 2 aliphatic rings. The second kappa shape index (κ2) is 5.02. The average Bonchev–Trinajstić information content (AvgIpc) is 3.05. The fourth-order valence-electron chi connectivity index (χ4n) is 2.84. The molecule has 2 fully saturated rings. The highest BCUT2D eigenvalue weighted by atomic mass is 32.1. The van der Waals surface area contributed by atoms with Gasteiger partial charge in [0, 0.05) is 37.3 Å². The number of imidazole rings is 1. The summed E-state index contributed by atoms with van der Waals surface area (Å²) in [6, 6.07) is 0.704. The van der Waals surface area contributed by atoms with E-state index in [2.05, 4.69) is 26.2 Å². The molecule has 2 N–H and O–H groups in total. The number of thiazole rings is 1. The summed E-state index contributed by atoms with van der Waals surface area (Å²) in [5.41, 5.74) is 1.27. The van der Waals surface area contributed by atoms with Gasteiger partial charge in [0.2, 0.25) is 0 Å². The Morgan fingerprint density at radius 1 is 1.30 bits per heavy atom. The van der Waals surface area contributed by atoms with Crippen LogP contribution < -0.4 is 10.2 Å². The number of hydrogen-bond acceptors (Lipinski definition) is 5. The Morgan fingerprint density at radius 3 is 2.85 bits per heavy atom. The quantitative estimate of drug-likeness (QED) is 0.899. The molecule has 0 radical (unpaired) electrons. The Balaban J connectivity index is 1.62. The van der Waals surface area contributed by atoms with Crippen LogP contribution in [0.3, 0.4) is 0 Å². The lowest BCUT2D eigenvalue weighted by molar-refractivity contribution is 0.145. The summed E-state index contributed by atoms with van der Waals surface area (Å²) in [6.45, 7) is 2.70. The molecular formula is C14H20N4OS. The number of aliphatic hydroxyl groups excluding tert-OH is 1. The van der Waals surface area contributed by atoms with Crippen LogP contribution in [-0.2, 0) is 6.54 Å². The van der Waals surface area contributed by atoms with E-state index in [1.165, 1.54) is 18.5 Å². The molecule has 0 unspecified atom stereocenters. The minimum absolute atomic E-state index is 0.136. The zero-order valence-electron chi connectivity index (χ0n) is 11.5. The molecule has 1 aliphatic heterocycles. The van der Waals surface area contributed by atoms with E-state index in [4.69, 9.17) is 4.98 Å². The number of nitrogens with one attached hydrogen (secondary N) is 1. The minimum atomic E-state index is -0.136. The van der Waals surface area contributed by atoms with Gasteiger partial charge in [-0.15, -0.1) is 11.3 Å². The van der Waals surface area contributed by atoms with Crippen molar-refractivity contribution in [2.45, 2.75) is 44.4 Å². The van der Waals surface area contributed by atoms with Gasteiger partial charge in [-0.2, -0.15) is 0 Å². The normalized spacial score (nSPS) is 20.9. The minimum Gasteiger partial charge on any atom is -0.393 e. The first-order chi connectivity index (χ1) is 9.81. The number of piperidine rings is 1. The van der Waals surface area contributed by atoms with Crippen molar-refractivity contribution in [1.29, 1.82) is 0 Å². The molecule has 0 bridgehead atoms. The zero-order chi connectivity index (χ0) is 13.5. The van der Waals surface area contributed by atoms with E-state index in [9.17, 15) is 5.11 Å². The van der Waals surface area contributed by atoms with E-state index in [0.717, 1.165) is 43.3 Å². The van der Waals surface area contributed by atoms with Crippen LogP contribution in [0.2, 0.25) is 0 Å². The lowest BCUT2D eigenvalue weighted by Gasteiger charge is -2.30. The fourth-order valence-corrected chi connectivity index (χ4v) is 3.57. The molecule has 1 aliphatic carbocycles. The van der Waals surface area contributed by atoms with Gasteiger partial charge in [0.15, 0.2) is 10.8 Å². The van der Waals surface area contributed by atoms with Gasteiger partial charge in [-0.1, -0.05) is 0 Å². The van der Waals surface area contributed by atoms with Gasteiger partial charge in [-0.25, -0.2) is 4.98 Å². The van der Waals surface area contributed by atoms with Gasteiger partial charge in [-0.3, -0.25) is 4.40 Å². The third-order valence-electron chi connectivity index (χ3n) is 4.24. The standard InChI is InChI=1S/C14H20N4OS/c19-11-3-5-17(6-4-11)13-12(9-15-10-1-2-10)18-7-8-20-14(18)16-13/h7-8,10-11,15,19H,1-6,9H2. The van der Waals surface area contributed by atoms with Crippen LogP contribution in [0.25, 0.3) is 4.96 Å². The monoisotopic (exact) mass is 292 g/mol. The Hall–Kier alpha value is -1.11. The SMILES string of the molecule is OC1CCN(c2nc3sccn3c2CNC2CC2)CC1. The van der Waals surface area contributed by atoms with Crippen LogP contribution in [0.5, 0.6) is 0 Å². The third-order valence-corrected chi connectivity index (χ3v) is 5.00. The van der Waals surface area contributed by atoms with Crippen molar-refractivity contribution in [1.82, 2.24) is 14.7 Å². The van der Waals surface area contributed by atoms with Gasteiger partial charge in [-0.05, 0) is 25.7 Å². The molecule has 0 amide bonds. The predicted molar refractivity (Wildman–Crippen MR) is 80.4 cm³/mol. The maximum Gasteiger partial charge on any atom is 0.195 e. The van der Waals surface area contributed by atoms with Crippen molar-refractivity contribution in [3.63, 3.8) is 0 Å². The molecule has 2 aromatic rings. The first-order valence-corrected chi connectivity index (χ1v) is 8.30. The molecule has 2 aromatic heterocycles. The van der Waals surface area contributed by atoms with Crippen molar-refractivity contribution in [3.8, 4) is 0 Å². The number of aliphatic hydroxyl groups is 1. The Morgan fingerprint density at radius 2 is 2.10 bits per heavy atom. The van der Waals surface area contributed by atoms with E-state index in [-0.39, 0.29) is 6.10 Å². The van der Waals surface area contributed by atoms with Crippen LogP contribution in [0.1, 0.15) is 31.4 Å². The number of rotatable bonds is 4. The highest BCUT2D eigenvalue weighted by Gasteiger charge is 2.25. The van der Waals surface area contributed by atoms with E-state index in [0.29, 0.717) is 6.04 Å². The molecule has 1 saturated heterocycles. The van der Waals surface area contributed by atoms with E-state index in [1.807, 2.05) is 0 Å². The molecule has 0 spiro atoms. The molecule has 0 aromatic carbocycles. The van der Waals surface area contributed by atoms with Crippen LogP contribution in [-0.4, -0.2) is 39.7 Å². The van der Waals surface area contributed by atoms with Crippen LogP contribution in [0, 0.1) is 0 Å². The second-order valence-corrected chi connectivity index (χ2v) is 6.68. The summed E-state index contributed by atoms with van der Waals surface area (Å²) in [5, 5.41) is 15.4. The number of aromatic nitrogens is 2. The van der Waals surface area contributed by atoms with E-state index >= 15 is 0 Å². The zero-order valence-corrected chi connectivity index (χ0v) is 12.3. The van der Waals surface area contributed by atoms with Gasteiger partial charge < -0.3 is 15.3 Å². The number of fused-ring (bicyclic) bond motifs is 1. The predicted octanol–water partition coefficient (Wildman–Crippen LogP) is 1.61. The molecule has 20 heavy (non-hydrogen) atoms. The molecule has 4 rings (SSSR count). The number of nitrogens with zero attached hydrogens (tertiary/aromatic N) is 3. The first kappa shape index (κ1) is 12.6. The van der Waals surface area contributed by atoms with Crippen molar-refractivity contribution in [2.24, 2.45) is 0 Å². The molecule has 108 valence electrons. The van der Waals surface area contributed by atoms with E-state index in [1.54, 1.807) is 11.3 Å². The molecular weight excluding hydrogens is 272 g/mol. The molecule has 5 nitrogen and oxygen atoms in total. The summed E-state index contributed by atoms with van der Waals surface area (Å²) < 4.78 is 2.21. The van der Waals surface area contributed by atoms with Crippen LogP contribution in [0.15, 0.2) is 11.6 Å². The molecule has 6 heteroatoms. The largest absolute Gasteiger partial charge is 0.393 e. The Bertz CT molecular complexity index is 595. The third kappa shape index (κ3) is 2.32. The van der Waals surface area contributed by atoms with Crippen LogP contribution in [0.4, 0.5) is 5.82 Å². The maximum atomic E-state index is 9.66. The van der Waals surface area contributed by atoms with E-state index < -0.39 is 0 Å². The van der Waals surface area contributed by atoms with Crippen molar-refractivity contribution < 1.29 is 5.11 Å². The summed E-state index contributed by atoms with van der Waals surface area (Å²) in [4.78, 5) is 8.20. The summed E-state index contributed by atoms with van der Waals surface area (Å²) in [6.07, 6.45) is 6.27. The Kier molecular flexibility index (Phi) is 3.17. The van der Waals surface area contributed by atoms with Crippen molar-refractivity contribution in [3.05, 3.63) is 17.3 Å². The number of anilines is 1. The number of hydrogen-bond donors (Lipinski definition) is 2.